The molecule has 0 saturated carbocycles. The van der Waals surface area contributed by atoms with Gasteiger partial charge in [-0.3, -0.25) is 14.4 Å². The third-order valence-electron chi connectivity index (χ3n) is 16.6. The van der Waals surface area contributed by atoms with Gasteiger partial charge in [-0.1, -0.05) is 380 Å². The van der Waals surface area contributed by atoms with Crippen molar-refractivity contribution >= 4 is 17.9 Å². The van der Waals surface area contributed by atoms with E-state index in [-0.39, 0.29) is 31.1 Å². The van der Waals surface area contributed by atoms with Gasteiger partial charge in [-0.2, -0.15) is 0 Å². The molecule has 0 aliphatic carbocycles. The van der Waals surface area contributed by atoms with Crippen molar-refractivity contribution in [3.8, 4) is 0 Å². The number of carbonyl (C=O) groups is 3. The lowest BCUT2D eigenvalue weighted by Gasteiger charge is -2.18. The van der Waals surface area contributed by atoms with E-state index in [1.54, 1.807) is 0 Å². The topological polar surface area (TPSA) is 78.9 Å². The summed E-state index contributed by atoms with van der Waals surface area (Å²) in [5.74, 6) is -0.834. The maximum Gasteiger partial charge on any atom is 0.306 e. The van der Waals surface area contributed by atoms with Gasteiger partial charge in [0, 0.05) is 19.3 Å². The van der Waals surface area contributed by atoms with E-state index in [0.29, 0.717) is 19.3 Å². The molecule has 0 fully saturated rings. The first kappa shape index (κ1) is 75.4. The van der Waals surface area contributed by atoms with E-state index in [2.05, 4.69) is 20.8 Å². The Balaban J connectivity index is 3.93. The molecule has 0 aromatic rings. The summed E-state index contributed by atoms with van der Waals surface area (Å²) in [5, 5.41) is 0. The molecular weight excluding hydrogens is 949 g/mol. The quantitative estimate of drug-likeness (QED) is 0.0343. The van der Waals surface area contributed by atoms with Crippen molar-refractivity contribution in [1.29, 1.82) is 0 Å². The van der Waals surface area contributed by atoms with Crippen LogP contribution in [0.3, 0.4) is 0 Å². The van der Waals surface area contributed by atoms with E-state index in [0.717, 1.165) is 57.8 Å². The van der Waals surface area contributed by atoms with Crippen molar-refractivity contribution in [2.24, 2.45) is 0 Å². The van der Waals surface area contributed by atoms with Crippen molar-refractivity contribution in [3.05, 3.63) is 0 Å². The molecule has 0 amide bonds. The van der Waals surface area contributed by atoms with Crippen LogP contribution in [-0.4, -0.2) is 37.2 Å². The first-order valence-electron chi connectivity index (χ1n) is 35.5. The Morgan fingerprint density at radius 2 is 0.351 bits per heavy atom. The van der Waals surface area contributed by atoms with Crippen LogP contribution >= 0.6 is 0 Å². The number of esters is 3. The van der Waals surface area contributed by atoms with Crippen LogP contribution in [0.25, 0.3) is 0 Å². The first-order chi connectivity index (χ1) is 38.0. The van der Waals surface area contributed by atoms with Gasteiger partial charge in [-0.15, -0.1) is 0 Å². The summed E-state index contributed by atoms with van der Waals surface area (Å²) in [6, 6.07) is 0. The third kappa shape index (κ3) is 65.1. The summed E-state index contributed by atoms with van der Waals surface area (Å²) in [6.07, 6.45) is 79.0. The predicted molar refractivity (Wildman–Crippen MR) is 335 cm³/mol. The van der Waals surface area contributed by atoms with E-state index >= 15 is 0 Å². The Morgan fingerprint density at radius 1 is 0.208 bits per heavy atom. The van der Waals surface area contributed by atoms with Crippen molar-refractivity contribution < 1.29 is 28.6 Å². The molecule has 458 valence electrons. The lowest BCUT2D eigenvalue weighted by molar-refractivity contribution is -0.167. The highest BCUT2D eigenvalue weighted by atomic mass is 16.6. The smallest absolute Gasteiger partial charge is 0.306 e. The molecule has 0 aromatic carbocycles. The zero-order valence-electron chi connectivity index (χ0n) is 52.8. The maximum atomic E-state index is 12.9. The zero-order chi connectivity index (χ0) is 55.7. The van der Waals surface area contributed by atoms with Gasteiger partial charge in [0.15, 0.2) is 6.10 Å². The molecule has 0 saturated heterocycles. The second-order valence-corrected chi connectivity index (χ2v) is 24.5. The van der Waals surface area contributed by atoms with Gasteiger partial charge in [0.1, 0.15) is 13.2 Å². The average molecular weight is 1090 g/mol. The van der Waals surface area contributed by atoms with Crippen LogP contribution in [0.15, 0.2) is 0 Å². The van der Waals surface area contributed by atoms with E-state index in [9.17, 15) is 14.4 Å². The van der Waals surface area contributed by atoms with Gasteiger partial charge in [-0.05, 0) is 19.3 Å². The van der Waals surface area contributed by atoms with Gasteiger partial charge in [0.25, 0.3) is 0 Å². The summed E-state index contributed by atoms with van der Waals surface area (Å²) in [4.78, 5) is 38.1. The summed E-state index contributed by atoms with van der Waals surface area (Å²) >= 11 is 0. The van der Waals surface area contributed by atoms with Crippen LogP contribution in [0, 0.1) is 0 Å². The van der Waals surface area contributed by atoms with Crippen molar-refractivity contribution in [2.75, 3.05) is 13.2 Å². The van der Waals surface area contributed by atoms with E-state index < -0.39 is 6.10 Å². The molecule has 6 nitrogen and oxygen atoms in total. The van der Waals surface area contributed by atoms with E-state index in [1.165, 1.54) is 321 Å². The summed E-state index contributed by atoms with van der Waals surface area (Å²) in [5.41, 5.74) is 0. The highest BCUT2D eigenvalue weighted by molar-refractivity contribution is 5.71. The number of unbranched alkanes of at least 4 members (excludes halogenated alkanes) is 56. The lowest BCUT2D eigenvalue weighted by atomic mass is 10.0. The van der Waals surface area contributed by atoms with Crippen LogP contribution in [0.5, 0.6) is 0 Å². The molecule has 0 aliphatic rings. The van der Waals surface area contributed by atoms with Crippen LogP contribution in [0.2, 0.25) is 0 Å². The van der Waals surface area contributed by atoms with Gasteiger partial charge in [-0.25, -0.2) is 0 Å². The van der Waals surface area contributed by atoms with Crippen molar-refractivity contribution in [3.63, 3.8) is 0 Å². The fourth-order valence-electron chi connectivity index (χ4n) is 11.3. The molecule has 0 N–H and O–H groups in total. The van der Waals surface area contributed by atoms with Gasteiger partial charge in [0.2, 0.25) is 0 Å². The number of ether oxygens (including phenoxy) is 3. The fraction of sp³-hybridized carbons (Fsp3) is 0.958. The van der Waals surface area contributed by atoms with Crippen LogP contribution in [-0.2, 0) is 28.6 Å². The minimum atomic E-state index is -0.761. The van der Waals surface area contributed by atoms with Gasteiger partial charge < -0.3 is 14.2 Å². The monoisotopic (exact) mass is 1090 g/mol. The molecule has 0 heterocycles. The zero-order valence-corrected chi connectivity index (χ0v) is 52.8. The molecule has 77 heavy (non-hydrogen) atoms. The molecule has 1 unspecified atom stereocenters. The molecule has 0 aromatic heterocycles. The molecule has 6 heteroatoms. The minimum Gasteiger partial charge on any atom is -0.462 e. The van der Waals surface area contributed by atoms with Gasteiger partial charge in [0.05, 0.1) is 0 Å². The molecule has 1 atom stereocenters. The van der Waals surface area contributed by atoms with Gasteiger partial charge >= 0.3 is 17.9 Å². The number of hydrogen-bond donors (Lipinski definition) is 0. The third-order valence-corrected chi connectivity index (χ3v) is 16.6. The van der Waals surface area contributed by atoms with E-state index in [1.807, 2.05) is 0 Å². The van der Waals surface area contributed by atoms with Crippen molar-refractivity contribution in [2.45, 2.75) is 425 Å². The second-order valence-electron chi connectivity index (χ2n) is 24.5. The summed E-state index contributed by atoms with van der Waals surface area (Å²) in [7, 11) is 0. The van der Waals surface area contributed by atoms with Crippen molar-refractivity contribution in [1.82, 2.24) is 0 Å². The predicted octanol–water partition coefficient (Wildman–Crippen LogP) is 24.2. The Kier molecular flexibility index (Phi) is 65.5. The molecular formula is C71H138O6. The Labute approximate surface area is 482 Å². The van der Waals surface area contributed by atoms with Crippen LogP contribution in [0.1, 0.15) is 419 Å². The second kappa shape index (κ2) is 66.9. The lowest BCUT2D eigenvalue weighted by Crippen LogP contribution is -2.30. The summed E-state index contributed by atoms with van der Waals surface area (Å²) in [6.45, 7) is 6.69. The molecule has 0 spiro atoms. The Hall–Kier alpha value is -1.59. The normalized spacial score (nSPS) is 11.9. The Morgan fingerprint density at radius 3 is 0.519 bits per heavy atom. The SMILES string of the molecule is CCCCCCCCCCCCCCCCCCCCCCCCCCCCCCCCCCC(=O)OCC(COC(=O)CCCCCCCCC)OC(=O)CCCCCCCCCCCCCCCCCCCCCC. The Bertz CT molecular complexity index is 1160. The van der Waals surface area contributed by atoms with Crippen LogP contribution < -0.4 is 0 Å². The molecule has 0 radical (unpaired) electrons. The van der Waals surface area contributed by atoms with Crippen LogP contribution in [0.4, 0.5) is 0 Å². The van der Waals surface area contributed by atoms with E-state index in [4.69, 9.17) is 14.2 Å². The molecule has 0 aliphatic heterocycles. The highest BCUT2D eigenvalue weighted by Gasteiger charge is 2.19. The average Bonchev–Trinajstić information content (AvgIpc) is 3.43. The maximum absolute atomic E-state index is 12.9. The number of rotatable bonds is 67. The largest absolute Gasteiger partial charge is 0.462 e. The first-order valence-corrected chi connectivity index (χ1v) is 35.5. The number of hydrogen-bond acceptors (Lipinski definition) is 6. The standard InChI is InChI=1S/C71H138O6/c1-4-7-10-13-16-18-20-22-24-26-28-30-31-32-33-34-35-36-37-38-39-40-41-43-44-46-48-50-52-55-58-61-64-70(73)76-67-68(66-75-69(72)63-60-57-54-15-12-9-6-3)77-71(74)65-62-59-56-53-51-49-47-45-42-29-27-25-23-21-19-17-14-11-8-5-2/h68H,4-67H2,1-3H3. The highest BCUT2D eigenvalue weighted by Crippen LogP contribution is 2.20. The fourth-order valence-corrected chi connectivity index (χ4v) is 11.3. The molecule has 0 rings (SSSR count). The summed E-state index contributed by atoms with van der Waals surface area (Å²) < 4.78 is 16.9. The minimum absolute atomic E-state index is 0.0613. The molecule has 0 bridgehead atoms. The number of carbonyl (C=O) groups excluding carboxylic acids is 3.